The van der Waals surface area contributed by atoms with E-state index < -0.39 is 0 Å². The van der Waals surface area contributed by atoms with Crippen LogP contribution in [0.1, 0.15) is 34.7 Å². The number of thiocarbonyl (C=S) groups is 1. The molecular formula is C15H19N3S2. The molecule has 0 aliphatic carbocycles. The van der Waals surface area contributed by atoms with Crippen LogP contribution >= 0.6 is 23.6 Å². The third-order valence-corrected chi connectivity index (χ3v) is 4.69. The van der Waals surface area contributed by atoms with Gasteiger partial charge in [-0.15, -0.1) is 11.3 Å². The Morgan fingerprint density at radius 3 is 2.70 bits per heavy atom. The molecule has 0 radical (unpaired) electrons. The summed E-state index contributed by atoms with van der Waals surface area (Å²) in [5.41, 5.74) is 8.81. The number of rotatable bonds is 4. The largest absolute Gasteiger partial charge is 0.389 e. The normalized spacial score (nSPS) is 12.2. The maximum atomic E-state index is 5.89. The molecule has 0 aliphatic rings. The second kappa shape index (κ2) is 5.89. The predicted octanol–water partition coefficient (Wildman–Crippen LogP) is 3.59. The van der Waals surface area contributed by atoms with Gasteiger partial charge in [0.15, 0.2) is 0 Å². The molecule has 0 aliphatic heterocycles. The number of thiophene rings is 1. The number of pyridine rings is 1. The van der Waals surface area contributed by atoms with Crippen molar-refractivity contribution in [1.82, 2.24) is 4.98 Å². The van der Waals surface area contributed by atoms with Gasteiger partial charge in [0.25, 0.3) is 0 Å². The first-order valence-corrected chi connectivity index (χ1v) is 7.75. The highest BCUT2D eigenvalue weighted by Gasteiger charge is 2.20. The summed E-state index contributed by atoms with van der Waals surface area (Å²) in [7, 11) is 2.04. The zero-order valence-corrected chi connectivity index (χ0v) is 13.8. The molecular weight excluding hydrogens is 286 g/mol. The second-order valence-corrected chi connectivity index (χ2v) is 6.36. The second-order valence-electron chi connectivity index (χ2n) is 4.95. The number of aryl methyl sites for hydroxylation is 2. The predicted molar refractivity (Wildman–Crippen MR) is 90.7 cm³/mol. The summed E-state index contributed by atoms with van der Waals surface area (Å²) in [5.74, 6) is 0.857. The lowest BCUT2D eigenvalue weighted by Gasteiger charge is -2.28. The first-order chi connectivity index (χ1) is 9.41. The highest BCUT2D eigenvalue weighted by molar-refractivity contribution is 7.80. The first kappa shape index (κ1) is 14.9. The molecule has 1 unspecified atom stereocenters. The standard InChI is InChI=1S/C15H19N3S2/c1-9-8-10(2)17-15(13(9)14(16)19)18(4)11(3)12-6-5-7-20-12/h5-8,11H,1-4H3,(H2,16,19). The van der Waals surface area contributed by atoms with Crippen LogP contribution in [-0.4, -0.2) is 17.0 Å². The van der Waals surface area contributed by atoms with E-state index in [-0.39, 0.29) is 6.04 Å². The molecule has 0 saturated heterocycles. The fourth-order valence-electron chi connectivity index (χ4n) is 2.28. The van der Waals surface area contributed by atoms with Crippen molar-refractivity contribution in [2.45, 2.75) is 26.8 Å². The number of aromatic nitrogens is 1. The molecule has 1 atom stereocenters. The summed E-state index contributed by atoms with van der Waals surface area (Å²) in [5, 5.41) is 2.09. The van der Waals surface area contributed by atoms with Crippen LogP contribution in [0.15, 0.2) is 23.6 Å². The number of nitrogens with two attached hydrogens (primary N) is 1. The smallest absolute Gasteiger partial charge is 0.139 e. The Morgan fingerprint density at radius 1 is 1.45 bits per heavy atom. The van der Waals surface area contributed by atoms with Crippen LogP contribution < -0.4 is 10.6 Å². The molecule has 2 heterocycles. The lowest BCUT2D eigenvalue weighted by Crippen LogP contribution is -2.26. The summed E-state index contributed by atoms with van der Waals surface area (Å²) in [6, 6.07) is 6.45. The maximum Gasteiger partial charge on any atom is 0.139 e. The van der Waals surface area contributed by atoms with Gasteiger partial charge in [-0.05, 0) is 43.8 Å². The van der Waals surface area contributed by atoms with E-state index in [0.717, 1.165) is 22.6 Å². The van der Waals surface area contributed by atoms with Gasteiger partial charge < -0.3 is 10.6 Å². The van der Waals surface area contributed by atoms with Gasteiger partial charge in [0.1, 0.15) is 10.8 Å². The lowest BCUT2D eigenvalue weighted by molar-refractivity contribution is 0.739. The van der Waals surface area contributed by atoms with Gasteiger partial charge in [-0.1, -0.05) is 18.3 Å². The van der Waals surface area contributed by atoms with Gasteiger partial charge in [0.2, 0.25) is 0 Å². The quantitative estimate of drug-likeness (QED) is 0.877. The van der Waals surface area contributed by atoms with Crippen molar-refractivity contribution < 1.29 is 0 Å². The minimum absolute atomic E-state index is 0.233. The van der Waals surface area contributed by atoms with E-state index >= 15 is 0 Å². The molecule has 0 saturated carbocycles. The Hall–Kier alpha value is -1.46. The van der Waals surface area contributed by atoms with Crippen molar-refractivity contribution in [3.63, 3.8) is 0 Å². The van der Waals surface area contributed by atoms with Gasteiger partial charge in [0.05, 0.1) is 11.6 Å². The molecule has 2 rings (SSSR count). The molecule has 0 aromatic carbocycles. The molecule has 106 valence electrons. The minimum atomic E-state index is 0.233. The Labute approximate surface area is 129 Å². The van der Waals surface area contributed by atoms with Crippen molar-refractivity contribution in [3.8, 4) is 0 Å². The zero-order chi connectivity index (χ0) is 14.9. The number of nitrogens with zero attached hydrogens (tertiary/aromatic N) is 2. The van der Waals surface area contributed by atoms with Crippen LogP contribution in [-0.2, 0) is 0 Å². The van der Waals surface area contributed by atoms with Crippen molar-refractivity contribution in [2.75, 3.05) is 11.9 Å². The Bertz CT molecular complexity index is 620. The van der Waals surface area contributed by atoms with E-state index in [1.807, 2.05) is 27.0 Å². The Morgan fingerprint density at radius 2 is 2.15 bits per heavy atom. The topological polar surface area (TPSA) is 42.1 Å². The molecule has 3 nitrogen and oxygen atoms in total. The fourth-order valence-corrected chi connectivity index (χ4v) is 3.36. The molecule has 5 heteroatoms. The van der Waals surface area contributed by atoms with Crippen molar-refractivity contribution in [1.29, 1.82) is 0 Å². The van der Waals surface area contributed by atoms with E-state index in [2.05, 4.69) is 34.3 Å². The summed E-state index contributed by atoms with van der Waals surface area (Å²) < 4.78 is 0. The van der Waals surface area contributed by atoms with E-state index in [4.69, 9.17) is 18.0 Å². The molecule has 2 aromatic heterocycles. The molecule has 0 spiro atoms. The monoisotopic (exact) mass is 305 g/mol. The number of anilines is 1. The van der Waals surface area contributed by atoms with E-state index in [1.54, 1.807) is 11.3 Å². The molecule has 0 amide bonds. The summed E-state index contributed by atoms with van der Waals surface area (Å²) in [4.78, 5) is 8.48. The van der Waals surface area contributed by atoms with Gasteiger partial charge in [-0.2, -0.15) is 0 Å². The Balaban J connectivity index is 2.48. The van der Waals surface area contributed by atoms with Crippen LogP contribution in [0.4, 0.5) is 5.82 Å². The third-order valence-electron chi connectivity index (χ3n) is 3.44. The summed E-state index contributed by atoms with van der Waals surface area (Å²) >= 11 is 6.94. The van der Waals surface area contributed by atoms with E-state index in [9.17, 15) is 0 Å². The van der Waals surface area contributed by atoms with Crippen LogP contribution in [0.25, 0.3) is 0 Å². The number of hydrogen-bond donors (Lipinski definition) is 1. The lowest BCUT2D eigenvalue weighted by atomic mass is 10.1. The number of hydrogen-bond acceptors (Lipinski definition) is 4. The van der Waals surface area contributed by atoms with Crippen molar-refractivity contribution in [2.24, 2.45) is 5.73 Å². The fraction of sp³-hybridized carbons (Fsp3) is 0.333. The first-order valence-electron chi connectivity index (χ1n) is 6.46. The van der Waals surface area contributed by atoms with Crippen molar-refractivity contribution >= 4 is 34.4 Å². The highest BCUT2D eigenvalue weighted by Crippen LogP contribution is 2.30. The van der Waals surface area contributed by atoms with Gasteiger partial charge in [-0.3, -0.25) is 0 Å². The zero-order valence-electron chi connectivity index (χ0n) is 12.2. The average molecular weight is 305 g/mol. The summed E-state index contributed by atoms with van der Waals surface area (Å²) in [6.07, 6.45) is 0. The van der Waals surface area contributed by atoms with Crippen LogP contribution in [0, 0.1) is 13.8 Å². The molecule has 2 aromatic rings. The van der Waals surface area contributed by atoms with Crippen LogP contribution in [0.3, 0.4) is 0 Å². The maximum absolute atomic E-state index is 5.89. The molecule has 0 bridgehead atoms. The minimum Gasteiger partial charge on any atom is -0.389 e. The SMILES string of the molecule is Cc1cc(C)c(C(N)=S)c(N(C)C(C)c2cccs2)n1. The molecule has 2 N–H and O–H groups in total. The van der Waals surface area contributed by atoms with E-state index in [1.165, 1.54) is 4.88 Å². The van der Waals surface area contributed by atoms with Gasteiger partial charge in [-0.25, -0.2) is 4.98 Å². The van der Waals surface area contributed by atoms with Crippen LogP contribution in [0.2, 0.25) is 0 Å². The van der Waals surface area contributed by atoms with Crippen LogP contribution in [0.5, 0.6) is 0 Å². The van der Waals surface area contributed by atoms with Crippen molar-refractivity contribution in [3.05, 3.63) is 45.3 Å². The highest BCUT2D eigenvalue weighted by atomic mass is 32.1. The molecule has 0 fully saturated rings. The van der Waals surface area contributed by atoms with Gasteiger partial charge >= 0.3 is 0 Å². The Kier molecular flexibility index (Phi) is 4.40. The van der Waals surface area contributed by atoms with E-state index in [0.29, 0.717) is 4.99 Å². The van der Waals surface area contributed by atoms with Gasteiger partial charge in [0, 0.05) is 17.6 Å². The molecule has 20 heavy (non-hydrogen) atoms. The third kappa shape index (κ3) is 2.83. The average Bonchev–Trinajstić information content (AvgIpc) is 2.89. The summed E-state index contributed by atoms with van der Waals surface area (Å²) in [6.45, 7) is 6.17.